The number of phenolic OH excluding ortho intramolecular Hbond substituents is 1. The Bertz CT molecular complexity index is 430. The first kappa shape index (κ1) is 10.9. The van der Waals surface area contributed by atoms with Gasteiger partial charge in [0.15, 0.2) is 0 Å². The van der Waals surface area contributed by atoms with Crippen molar-refractivity contribution in [1.82, 2.24) is 0 Å². The third-order valence-electron chi connectivity index (χ3n) is 4.25. The van der Waals surface area contributed by atoms with Gasteiger partial charge in [0.1, 0.15) is 5.75 Å². The Kier molecular flexibility index (Phi) is 2.51. The van der Waals surface area contributed by atoms with Crippen molar-refractivity contribution in [2.24, 2.45) is 11.7 Å². The average molecular weight is 232 g/mol. The molecule has 1 aromatic rings. The third-order valence-corrected chi connectivity index (χ3v) is 4.25. The molecule has 3 nitrogen and oxygen atoms in total. The monoisotopic (exact) mass is 232 g/mol. The fraction of sp³-hybridized carbons (Fsp3) is 0.571. The van der Waals surface area contributed by atoms with Crippen molar-refractivity contribution in [3.05, 3.63) is 23.8 Å². The minimum Gasteiger partial charge on any atom is -0.508 e. The summed E-state index contributed by atoms with van der Waals surface area (Å²) in [5, 5.41) is 9.99. The maximum atomic E-state index is 9.99. The largest absolute Gasteiger partial charge is 0.508 e. The fourth-order valence-corrected chi connectivity index (χ4v) is 3.34. The van der Waals surface area contributed by atoms with Crippen LogP contribution in [0.15, 0.2) is 18.2 Å². The van der Waals surface area contributed by atoms with Crippen molar-refractivity contribution in [2.45, 2.75) is 38.3 Å². The van der Waals surface area contributed by atoms with Crippen molar-refractivity contribution in [1.29, 1.82) is 0 Å². The predicted octanol–water partition coefficient (Wildman–Crippen LogP) is 2.40. The number of hydrogen-bond acceptors (Lipinski definition) is 3. The van der Waals surface area contributed by atoms with Gasteiger partial charge in [-0.25, -0.2) is 0 Å². The second-order valence-electron chi connectivity index (χ2n) is 5.52. The van der Waals surface area contributed by atoms with Gasteiger partial charge in [-0.05, 0) is 38.2 Å². The highest BCUT2D eigenvalue weighted by atomic mass is 16.3. The quantitative estimate of drug-likeness (QED) is 0.823. The van der Waals surface area contributed by atoms with Crippen LogP contribution in [0, 0.1) is 5.92 Å². The minimum absolute atomic E-state index is 0.112. The average Bonchev–Trinajstić information content (AvgIpc) is 2.89. The van der Waals surface area contributed by atoms with Crippen LogP contribution < -0.4 is 10.6 Å². The molecule has 1 heterocycles. The molecule has 1 aromatic carbocycles. The Hall–Kier alpha value is -1.22. The highest BCUT2D eigenvalue weighted by Crippen LogP contribution is 2.41. The van der Waals surface area contributed by atoms with E-state index in [1.807, 2.05) is 19.1 Å². The summed E-state index contributed by atoms with van der Waals surface area (Å²) >= 11 is 0. The first-order valence-corrected chi connectivity index (χ1v) is 6.50. The smallest absolute Gasteiger partial charge is 0.122 e. The van der Waals surface area contributed by atoms with Gasteiger partial charge in [0.05, 0.1) is 0 Å². The molecule has 3 rings (SSSR count). The number of fused-ring (bicyclic) bond motifs is 2. The summed E-state index contributed by atoms with van der Waals surface area (Å²) in [4.78, 5) is 2.44. The lowest BCUT2D eigenvalue weighted by molar-refractivity contribution is 0.463. The first-order valence-electron chi connectivity index (χ1n) is 6.50. The Morgan fingerprint density at radius 3 is 2.76 bits per heavy atom. The molecule has 1 saturated heterocycles. The number of nitrogens with zero attached hydrogens (tertiary/aromatic N) is 1. The second-order valence-corrected chi connectivity index (χ2v) is 5.52. The van der Waals surface area contributed by atoms with E-state index in [1.165, 1.54) is 19.3 Å². The maximum absolute atomic E-state index is 9.99. The van der Waals surface area contributed by atoms with Gasteiger partial charge in [0.25, 0.3) is 0 Å². The lowest BCUT2D eigenvalue weighted by Crippen LogP contribution is -2.31. The molecule has 3 atom stereocenters. The van der Waals surface area contributed by atoms with Crippen LogP contribution in [0.25, 0.3) is 0 Å². The summed E-state index contributed by atoms with van der Waals surface area (Å²) in [7, 11) is 0. The SMILES string of the molecule is CC(N)c1ccc(N2CC3CCC2C3)cc1O. The van der Waals surface area contributed by atoms with Crippen LogP contribution in [0.4, 0.5) is 5.69 Å². The number of piperidine rings is 1. The minimum atomic E-state index is -0.112. The van der Waals surface area contributed by atoms with Crippen LogP contribution in [0.5, 0.6) is 5.75 Å². The van der Waals surface area contributed by atoms with E-state index in [0.717, 1.165) is 23.7 Å². The number of phenols is 1. The molecule has 1 saturated carbocycles. The van der Waals surface area contributed by atoms with Crippen molar-refractivity contribution in [3.63, 3.8) is 0 Å². The van der Waals surface area contributed by atoms with E-state index in [4.69, 9.17) is 5.73 Å². The molecule has 1 aliphatic carbocycles. The number of aromatic hydroxyl groups is 1. The number of anilines is 1. The fourth-order valence-electron chi connectivity index (χ4n) is 3.34. The van der Waals surface area contributed by atoms with Crippen LogP contribution in [0.3, 0.4) is 0 Å². The van der Waals surface area contributed by atoms with E-state index in [9.17, 15) is 5.11 Å². The van der Waals surface area contributed by atoms with Gasteiger partial charge in [0, 0.05) is 35.9 Å². The highest BCUT2D eigenvalue weighted by Gasteiger charge is 2.37. The number of hydrogen-bond donors (Lipinski definition) is 2. The van der Waals surface area contributed by atoms with E-state index in [0.29, 0.717) is 11.8 Å². The summed E-state index contributed by atoms with van der Waals surface area (Å²) in [6.45, 7) is 3.05. The van der Waals surface area contributed by atoms with Crippen molar-refractivity contribution in [3.8, 4) is 5.75 Å². The van der Waals surface area contributed by atoms with Gasteiger partial charge in [-0.2, -0.15) is 0 Å². The van der Waals surface area contributed by atoms with Gasteiger partial charge in [-0.15, -0.1) is 0 Å². The molecule has 0 radical (unpaired) electrons. The van der Waals surface area contributed by atoms with E-state index in [1.54, 1.807) is 0 Å². The lowest BCUT2D eigenvalue weighted by Gasteiger charge is -2.29. The van der Waals surface area contributed by atoms with E-state index in [2.05, 4.69) is 11.0 Å². The summed E-state index contributed by atoms with van der Waals surface area (Å²) in [5.74, 6) is 1.20. The summed E-state index contributed by atoms with van der Waals surface area (Å²) in [6.07, 6.45) is 4.02. The second kappa shape index (κ2) is 3.91. The van der Waals surface area contributed by atoms with Crippen LogP contribution >= 0.6 is 0 Å². The molecule has 17 heavy (non-hydrogen) atoms. The van der Waals surface area contributed by atoms with Crippen LogP contribution in [-0.4, -0.2) is 17.7 Å². The molecule has 2 fully saturated rings. The van der Waals surface area contributed by atoms with Crippen LogP contribution in [-0.2, 0) is 0 Å². The van der Waals surface area contributed by atoms with E-state index < -0.39 is 0 Å². The molecule has 0 aromatic heterocycles. The lowest BCUT2D eigenvalue weighted by atomic mass is 10.1. The number of nitrogens with two attached hydrogens (primary N) is 1. The summed E-state index contributed by atoms with van der Waals surface area (Å²) in [5.41, 5.74) is 7.79. The highest BCUT2D eigenvalue weighted by molar-refractivity contribution is 5.55. The summed E-state index contributed by atoms with van der Waals surface area (Å²) < 4.78 is 0. The third kappa shape index (κ3) is 1.78. The zero-order valence-electron chi connectivity index (χ0n) is 10.3. The zero-order valence-corrected chi connectivity index (χ0v) is 10.3. The van der Waals surface area contributed by atoms with E-state index in [-0.39, 0.29) is 6.04 Å². The van der Waals surface area contributed by atoms with Gasteiger partial charge < -0.3 is 15.7 Å². The molecule has 0 amide bonds. The van der Waals surface area contributed by atoms with Crippen molar-refractivity contribution in [2.75, 3.05) is 11.4 Å². The van der Waals surface area contributed by atoms with Gasteiger partial charge in [-0.3, -0.25) is 0 Å². The maximum Gasteiger partial charge on any atom is 0.122 e. The first-order chi connectivity index (χ1) is 8.15. The van der Waals surface area contributed by atoms with Crippen LogP contribution in [0.1, 0.15) is 37.8 Å². The van der Waals surface area contributed by atoms with E-state index >= 15 is 0 Å². The number of rotatable bonds is 2. The molecule has 3 unspecified atom stereocenters. The van der Waals surface area contributed by atoms with Crippen molar-refractivity contribution >= 4 is 5.69 Å². The summed E-state index contributed by atoms with van der Waals surface area (Å²) in [6, 6.07) is 6.51. The van der Waals surface area contributed by atoms with Gasteiger partial charge >= 0.3 is 0 Å². The molecule has 2 aliphatic rings. The Morgan fingerprint density at radius 2 is 2.24 bits per heavy atom. The molecule has 1 aliphatic heterocycles. The molecule has 3 heteroatoms. The Morgan fingerprint density at radius 1 is 1.41 bits per heavy atom. The zero-order chi connectivity index (χ0) is 12.0. The molecular weight excluding hydrogens is 212 g/mol. The Balaban J connectivity index is 1.87. The molecule has 0 spiro atoms. The topological polar surface area (TPSA) is 49.5 Å². The molecule has 2 bridgehead atoms. The van der Waals surface area contributed by atoms with Gasteiger partial charge in [0.2, 0.25) is 0 Å². The van der Waals surface area contributed by atoms with Crippen molar-refractivity contribution < 1.29 is 5.11 Å². The molecule has 92 valence electrons. The molecule has 3 N–H and O–H groups in total. The molecular formula is C14H20N2O. The van der Waals surface area contributed by atoms with Gasteiger partial charge in [-0.1, -0.05) is 6.07 Å². The van der Waals surface area contributed by atoms with Crippen LogP contribution in [0.2, 0.25) is 0 Å². The predicted molar refractivity (Wildman–Crippen MR) is 69.2 cm³/mol. The Labute approximate surface area is 102 Å². The normalized spacial score (nSPS) is 28.7. The standard InChI is InChI=1S/C14H20N2O/c1-9(15)13-5-4-12(7-14(13)17)16-8-10-2-3-11(16)6-10/h4-5,7,9-11,17H,2-3,6,8,15H2,1H3. The number of benzene rings is 1.